The molecule has 21 heavy (non-hydrogen) atoms. The van der Waals surface area contributed by atoms with Crippen LogP contribution in [0, 0.1) is 12.3 Å². The molecule has 0 unspecified atom stereocenters. The van der Waals surface area contributed by atoms with Crippen LogP contribution in [0.4, 0.5) is 5.82 Å². The number of thiophene rings is 1. The molecule has 8 heteroatoms. The molecule has 1 amide bonds. The van der Waals surface area contributed by atoms with Crippen molar-refractivity contribution in [1.82, 2.24) is 9.97 Å². The average molecular weight is 308 g/mol. The highest BCUT2D eigenvalue weighted by Gasteiger charge is 2.26. The largest absolute Gasteiger partial charge is 0.477 e. The van der Waals surface area contributed by atoms with Gasteiger partial charge in [0.05, 0.1) is 10.8 Å². The Balaban J connectivity index is 2.41. The van der Waals surface area contributed by atoms with Crippen LogP contribution < -0.4 is 11.1 Å². The number of aromatic nitrogens is 2. The zero-order chi connectivity index (χ0) is 15.8. The maximum Gasteiger partial charge on any atom is 0.346 e. The Hall–Kier alpha value is -2.22. The normalized spacial score (nSPS) is 11.6. The molecule has 7 nitrogen and oxygen atoms in total. The van der Waals surface area contributed by atoms with E-state index in [1.165, 1.54) is 6.33 Å². The minimum atomic E-state index is -0.987. The van der Waals surface area contributed by atoms with Crippen LogP contribution >= 0.6 is 11.3 Å². The van der Waals surface area contributed by atoms with Crippen LogP contribution in [-0.2, 0) is 4.79 Å². The Morgan fingerprint density at radius 3 is 2.67 bits per heavy atom. The average Bonchev–Trinajstić information content (AvgIpc) is 2.74. The summed E-state index contributed by atoms with van der Waals surface area (Å²) in [6.45, 7) is 5.47. The summed E-state index contributed by atoms with van der Waals surface area (Å²) >= 11 is 1.10. The van der Waals surface area contributed by atoms with Gasteiger partial charge in [0.2, 0.25) is 5.91 Å². The van der Waals surface area contributed by atoms with Gasteiger partial charge in [-0.2, -0.15) is 0 Å². The van der Waals surface area contributed by atoms with Crippen molar-refractivity contribution in [3.63, 3.8) is 0 Å². The van der Waals surface area contributed by atoms with E-state index in [2.05, 4.69) is 15.3 Å². The van der Waals surface area contributed by atoms with Crippen molar-refractivity contribution in [1.29, 1.82) is 0 Å². The van der Waals surface area contributed by atoms with E-state index in [-0.39, 0.29) is 4.88 Å². The van der Waals surface area contributed by atoms with Gasteiger partial charge in [0, 0.05) is 6.54 Å². The van der Waals surface area contributed by atoms with Crippen molar-refractivity contribution in [3.05, 3.63) is 16.8 Å². The van der Waals surface area contributed by atoms with Gasteiger partial charge in [0.25, 0.3) is 0 Å². The predicted molar refractivity (Wildman–Crippen MR) is 80.6 cm³/mol. The van der Waals surface area contributed by atoms with E-state index in [4.69, 9.17) is 5.73 Å². The number of aromatic carboxylic acids is 1. The molecular formula is C13H16N4O3S. The van der Waals surface area contributed by atoms with Crippen LogP contribution in [0.3, 0.4) is 0 Å². The second-order valence-corrected chi connectivity index (χ2v) is 6.36. The van der Waals surface area contributed by atoms with Crippen molar-refractivity contribution in [2.75, 3.05) is 11.9 Å². The summed E-state index contributed by atoms with van der Waals surface area (Å²) in [6, 6.07) is 0. The third-order valence-corrected chi connectivity index (χ3v) is 4.47. The first-order valence-electron chi connectivity index (χ1n) is 6.25. The van der Waals surface area contributed by atoms with Gasteiger partial charge in [-0.05, 0) is 26.3 Å². The molecule has 4 N–H and O–H groups in total. The van der Waals surface area contributed by atoms with Crippen LogP contribution in [0.25, 0.3) is 10.2 Å². The lowest BCUT2D eigenvalue weighted by Crippen LogP contribution is -2.37. The molecule has 0 fully saturated rings. The van der Waals surface area contributed by atoms with Gasteiger partial charge in [0.1, 0.15) is 21.9 Å². The third kappa shape index (κ3) is 2.80. The van der Waals surface area contributed by atoms with Crippen LogP contribution in [0.1, 0.15) is 29.1 Å². The van der Waals surface area contributed by atoms with Crippen LogP contribution in [0.5, 0.6) is 0 Å². The molecule has 0 aliphatic heterocycles. The Morgan fingerprint density at radius 2 is 2.10 bits per heavy atom. The van der Waals surface area contributed by atoms with E-state index in [9.17, 15) is 14.7 Å². The highest BCUT2D eigenvalue weighted by atomic mass is 32.1. The summed E-state index contributed by atoms with van der Waals surface area (Å²) < 4.78 is 0. The van der Waals surface area contributed by atoms with Crippen molar-refractivity contribution in [2.45, 2.75) is 20.8 Å². The van der Waals surface area contributed by atoms with E-state index >= 15 is 0 Å². The highest BCUT2D eigenvalue weighted by molar-refractivity contribution is 7.20. The summed E-state index contributed by atoms with van der Waals surface area (Å²) in [5.41, 5.74) is 5.21. The van der Waals surface area contributed by atoms with Gasteiger partial charge in [-0.1, -0.05) is 0 Å². The van der Waals surface area contributed by atoms with E-state index in [1.54, 1.807) is 20.8 Å². The van der Waals surface area contributed by atoms with Gasteiger partial charge < -0.3 is 16.2 Å². The molecular weight excluding hydrogens is 292 g/mol. The summed E-state index contributed by atoms with van der Waals surface area (Å²) in [6.07, 6.45) is 1.36. The number of nitrogens with one attached hydrogen (secondary N) is 1. The number of carbonyl (C=O) groups is 2. The van der Waals surface area contributed by atoms with Crippen LogP contribution in [0.15, 0.2) is 6.33 Å². The molecule has 2 aromatic rings. The molecule has 112 valence electrons. The number of carbonyl (C=O) groups excluding carboxylic acids is 1. The van der Waals surface area contributed by atoms with Crippen molar-refractivity contribution < 1.29 is 14.7 Å². The number of nitrogens with zero attached hydrogens (tertiary/aromatic N) is 2. The topological polar surface area (TPSA) is 118 Å². The van der Waals surface area contributed by atoms with Crippen molar-refractivity contribution in [3.8, 4) is 0 Å². The summed E-state index contributed by atoms with van der Waals surface area (Å²) in [5.74, 6) is -0.900. The molecule has 0 atom stereocenters. The molecule has 0 bridgehead atoms. The fourth-order valence-corrected chi connectivity index (χ4v) is 2.79. The number of primary amides is 1. The first-order chi connectivity index (χ1) is 9.74. The van der Waals surface area contributed by atoms with Gasteiger partial charge >= 0.3 is 5.97 Å². The Kier molecular flexibility index (Phi) is 3.82. The number of anilines is 1. The molecule has 2 rings (SSSR count). The number of hydrogen-bond acceptors (Lipinski definition) is 6. The molecule has 0 aliphatic carbocycles. The maximum atomic E-state index is 11.3. The second-order valence-electron chi connectivity index (χ2n) is 5.37. The van der Waals surface area contributed by atoms with E-state index in [0.717, 1.165) is 11.3 Å². The van der Waals surface area contributed by atoms with E-state index in [0.29, 0.717) is 28.1 Å². The Morgan fingerprint density at radius 1 is 1.43 bits per heavy atom. The van der Waals surface area contributed by atoms with Gasteiger partial charge in [-0.3, -0.25) is 4.79 Å². The quantitative estimate of drug-likeness (QED) is 0.772. The zero-order valence-corrected chi connectivity index (χ0v) is 12.7. The lowest BCUT2D eigenvalue weighted by Gasteiger charge is -2.21. The predicted octanol–water partition coefficient (Wildman–Crippen LogP) is 1.62. The zero-order valence-electron chi connectivity index (χ0n) is 11.9. The monoisotopic (exact) mass is 308 g/mol. The Bertz CT molecular complexity index is 724. The standard InChI is InChI=1S/C13H16N4O3S/c1-6-7-9(15-4-13(2,3)12(14)20)16-5-17-10(7)21-8(6)11(18)19/h5H,4H2,1-3H3,(H2,14,20)(H,18,19)(H,15,16,17). The second kappa shape index (κ2) is 5.28. The van der Waals surface area contributed by atoms with Crippen LogP contribution in [-0.4, -0.2) is 33.5 Å². The molecule has 0 radical (unpaired) electrons. The molecule has 0 saturated carbocycles. The number of amides is 1. The summed E-state index contributed by atoms with van der Waals surface area (Å²) in [4.78, 5) is 31.6. The molecule has 0 saturated heterocycles. The van der Waals surface area contributed by atoms with Gasteiger partial charge in [0.15, 0.2) is 0 Å². The lowest BCUT2D eigenvalue weighted by molar-refractivity contribution is -0.125. The maximum absolute atomic E-state index is 11.3. The fraction of sp³-hybridized carbons (Fsp3) is 0.385. The first-order valence-corrected chi connectivity index (χ1v) is 7.07. The van der Waals surface area contributed by atoms with Crippen molar-refractivity contribution >= 4 is 39.2 Å². The number of nitrogens with two attached hydrogens (primary N) is 1. The third-order valence-electron chi connectivity index (χ3n) is 3.29. The lowest BCUT2D eigenvalue weighted by atomic mass is 9.93. The molecule has 2 heterocycles. The Labute approximate surface area is 125 Å². The number of aryl methyl sites for hydroxylation is 1. The van der Waals surface area contributed by atoms with Crippen LogP contribution in [0.2, 0.25) is 0 Å². The summed E-state index contributed by atoms with van der Waals surface area (Å²) in [5, 5.41) is 12.9. The number of carboxylic acid groups (broad SMARTS) is 1. The number of carboxylic acids is 1. The minimum absolute atomic E-state index is 0.239. The fourth-order valence-electron chi connectivity index (χ4n) is 1.80. The van der Waals surface area contributed by atoms with Crippen molar-refractivity contribution in [2.24, 2.45) is 11.1 Å². The smallest absolute Gasteiger partial charge is 0.346 e. The minimum Gasteiger partial charge on any atom is -0.477 e. The molecule has 0 spiro atoms. The SMILES string of the molecule is Cc1c(C(=O)O)sc2ncnc(NCC(C)(C)C(N)=O)c12. The molecule has 2 aromatic heterocycles. The number of fused-ring (bicyclic) bond motifs is 1. The molecule has 0 aromatic carbocycles. The highest BCUT2D eigenvalue weighted by Crippen LogP contribution is 2.33. The number of rotatable bonds is 5. The van der Waals surface area contributed by atoms with Gasteiger partial charge in [-0.15, -0.1) is 11.3 Å². The van der Waals surface area contributed by atoms with E-state index < -0.39 is 17.3 Å². The van der Waals surface area contributed by atoms with Gasteiger partial charge in [-0.25, -0.2) is 14.8 Å². The number of hydrogen-bond donors (Lipinski definition) is 3. The van der Waals surface area contributed by atoms with E-state index in [1.807, 2.05) is 0 Å². The molecule has 0 aliphatic rings. The summed E-state index contributed by atoms with van der Waals surface area (Å²) in [7, 11) is 0. The first kappa shape index (κ1) is 15.2.